The smallest absolute Gasteiger partial charge is 0.338 e. The van der Waals surface area contributed by atoms with Crippen LogP contribution in [0.5, 0.6) is 0 Å². The van der Waals surface area contributed by atoms with Crippen LogP contribution in [0.15, 0.2) is 45.9 Å². The third-order valence-corrected chi connectivity index (χ3v) is 4.32. The first-order valence-corrected chi connectivity index (χ1v) is 8.66. The van der Waals surface area contributed by atoms with Crippen molar-refractivity contribution in [2.24, 2.45) is 4.99 Å². The second-order valence-electron chi connectivity index (χ2n) is 5.64. The molecule has 0 saturated carbocycles. The number of aliphatic imine (C=N–C) groups is 1. The van der Waals surface area contributed by atoms with E-state index in [1.807, 2.05) is 31.9 Å². The summed E-state index contributed by atoms with van der Waals surface area (Å²) in [4.78, 5) is 18.7. The fraction of sp³-hybridized carbons (Fsp3) is 0.263. The lowest BCUT2D eigenvalue weighted by Crippen LogP contribution is -2.14. The zero-order valence-electron chi connectivity index (χ0n) is 14.4. The first-order chi connectivity index (χ1) is 11.9. The normalized spacial score (nSPS) is 10.9. The Bertz CT molecular complexity index is 776. The van der Waals surface area contributed by atoms with Gasteiger partial charge in [0.15, 0.2) is 0 Å². The Morgan fingerprint density at radius 1 is 1.32 bits per heavy atom. The van der Waals surface area contributed by atoms with Gasteiger partial charge in [-0.25, -0.2) is 14.2 Å². The van der Waals surface area contributed by atoms with Crippen LogP contribution in [0.4, 0.5) is 10.1 Å². The second kappa shape index (κ2) is 8.76. The van der Waals surface area contributed by atoms with Gasteiger partial charge in [-0.15, -0.1) is 0 Å². The number of benzene rings is 2. The van der Waals surface area contributed by atoms with E-state index in [2.05, 4.69) is 20.9 Å². The lowest BCUT2D eigenvalue weighted by atomic mass is 10.1. The van der Waals surface area contributed by atoms with Gasteiger partial charge in [-0.05, 0) is 65.2 Å². The predicted molar refractivity (Wildman–Crippen MR) is 101 cm³/mol. The average Bonchev–Trinajstić information content (AvgIpc) is 2.61. The van der Waals surface area contributed by atoms with E-state index >= 15 is 0 Å². The lowest BCUT2D eigenvalue weighted by molar-refractivity contribution is 0.0472. The maximum Gasteiger partial charge on any atom is 0.338 e. The highest BCUT2D eigenvalue weighted by Crippen LogP contribution is 2.29. The number of esters is 1. The van der Waals surface area contributed by atoms with Crippen molar-refractivity contribution >= 4 is 33.9 Å². The van der Waals surface area contributed by atoms with Crippen molar-refractivity contribution in [3.63, 3.8) is 0 Å². The number of aryl methyl sites for hydroxylation is 1. The summed E-state index contributed by atoms with van der Waals surface area (Å²) in [5.74, 6) is -0.747. The maximum absolute atomic E-state index is 12.9. The van der Waals surface area contributed by atoms with Gasteiger partial charge in [0.1, 0.15) is 12.4 Å². The Morgan fingerprint density at radius 2 is 2.00 bits per heavy atom. The third-order valence-electron chi connectivity index (χ3n) is 3.69. The number of carbonyl (C=O) groups excluding carboxylic acids is 1. The molecule has 2 aromatic rings. The molecule has 0 bridgehead atoms. The zero-order valence-corrected chi connectivity index (χ0v) is 16.0. The minimum atomic E-state index is -0.427. The van der Waals surface area contributed by atoms with Gasteiger partial charge in [-0.1, -0.05) is 12.1 Å². The van der Waals surface area contributed by atoms with Gasteiger partial charge >= 0.3 is 5.97 Å². The Morgan fingerprint density at radius 3 is 2.64 bits per heavy atom. The summed E-state index contributed by atoms with van der Waals surface area (Å²) in [6.07, 6.45) is 1.74. The van der Waals surface area contributed by atoms with Gasteiger partial charge in [-0.2, -0.15) is 0 Å². The number of carbonyl (C=O) groups is 1. The topological polar surface area (TPSA) is 41.9 Å². The summed E-state index contributed by atoms with van der Waals surface area (Å²) in [5, 5.41) is 0. The van der Waals surface area contributed by atoms with Crippen LogP contribution < -0.4 is 0 Å². The first-order valence-electron chi connectivity index (χ1n) is 7.87. The number of halogens is 2. The quantitative estimate of drug-likeness (QED) is 0.390. The molecule has 0 spiro atoms. The van der Waals surface area contributed by atoms with Crippen LogP contribution >= 0.6 is 15.9 Å². The molecule has 25 heavy (non-hydrogen) atoms. The summed E-state index contributed by atoms with van der Waals surface area (Å²) in [7, 11) is 1.94. The van der Waals surface area contributed by atoms with Crippen LogP contribution in [0.25, 0.3) is 0 Å². The SMILES string of the molecule is CCN(C)/C=N/c1cc(C)c(C(=O)OCc2ccc(F)cc2)cc1Br. The highest BCUT2D eigenvalue weighted by Gasteiger charge is 2.14. The van der Waals surface area contributed by atoms with Crippen molar-refractivity contribution in [1.29, 1.82) is 0 Å². The number of nitrogens with zero attached hydrogens (tertiary/aromatic N) is 2. The fourth-order valence-corrected chi connectivity index (χ4v) is 2.48. The number of hydrogen-bond acceptors (Lipinski definition) is 3. The second-order valence-corrected chi connectivity index (χ2v) is 6.49. The summed E-state index contributed by atoms with van der Waals surface area (Å²) in [6.45, 7) is 4.82. The monoisotopic (exact) mass is 406 g/mol. The van der Waals surface area contributed by atoms with E-state index in [9.17, 15) is 9.18 Å². The van der Waals surface area contributed by atoms with Crippen LogP contribution in [0.2, 0.25) is 0 Å². The largest absolute Gasteiger partial charge is 0.457 e. The Balaban J connectivity index is 2.10. The van der Waals surface area contributed by atoms with Crippen LogP contribution in [0, 0.1) is 12.7 Å². The van der Waals surface area contributed by atoms with E-state index in [-0.39, 0.29) is 12.4 Å². The van der Waals surface area contributed by atoms with Gasteiger partial charge in [0.2, 0.25) is 0 Å². The molecule has 0 aliphatic rings. The molecule has 0 aliphatic carbocycles. The standard InChI is InChI=1S/C19H20BrFN2O2/c1-4-23(3)12-22-18-9-13(2)16(10-17(18)20)19(24)25-11-14-5-7-15(21)8-6-14/h5-10,12H,4,11H2,1-3H3/b22-12+. The number of rotatable bonds is 6. The van der Waals surface area contributed by atoms with Crippen molar-refractivity contribution in [2.75, 3.05) is 13.6 Å². The Kier molecular flexibility index (Phi) is 6.70. The van der Waals surface area contributed by atoms with Crippen molar-refractivity contribution in [3.05, 3.63) is 63.4 Å². The Labute approximate surface area is 155 Å². The minimum absolute atomic E-state index is 0.0946. The molecule has 0 aromatic heterocycles. The highest BCUT2D eigenvalue weighted by molar-refractivity contribution is 9.10. The van der Waals surface area contributed by atoms with Crippen molar-refractivity contribution < 1.29 is 13.9 Å². The highest BCUT2D eigenvalue weighted by atomic mass is 79.9. The van der Waals surface area contributed by atoms with E-state index in [1.54, 1.807) is 24.5 Å². The molecule has 2 rings (SSSR count). The van der Waals surface area contributed by atoms with Crippen LogP contribution in [0.3, 0.4) is 0 Å². The molecule has 6 heteroatoms. The van der Waals surface area contributed by atoms with E-state index in [1.165, 1.54) is 12.1 Å². The number of hydrogen-bond donors (Lipinski definition) is 0. The molecule has 4 nitrogen and oxygen atoms in total. The van der Waals surface area contributed by atoms with E-state index in [4.69, 9.17) is 4.74 Å². The molecule has 0 amide bonds. The summed E-state index contributed by atoms with van der Waals surface area (Å²) >= 11 is 3.44. The van der Waals surface area contributed by atoms with Crippen molar-refractivity contribution in [3.8, 4) is 0 Å². The molecular formula is C19H20BrFN2O2. The van der Waals surface area contributed by atoms with Crippen LogP contribution in [-0.2, 0) is 11.3 Å². The molecule has 0 radical (unpaired) electrons. The lowest BCUT2D eigenvalue weighted by Gasteiger charge is -2.11. The van der Waals surface area contributed by atoms with Crippen molar-refractivity contribution in [1.82, 2.24) is 4.90 Å². The number of ether oxygens (including phenoxy) is 1. The van der Waals surface area contributed by atoms with Crippen LogP contribution in [0.1, 0.15) is 28.4 Å². The molecule has 0 fully saturated rings. The summed E-state index contributed by atoms with van der Waals surface area (Å²) in [6, 6.07) is 9.40. The molecule has 0 unspecified atom stereocenters. The van der Waals surface area contributed by atoms with Gasteiger partial charge < -0.3 is 9.64 Å². The predicted octanol–water partition coefficient (Wildman–Crippen LogP) is 4.87. The van der Waals surface area contributed by atoms with Gasteiger partial charge in [0, 0.05) is 18.1 Å². The first kappa shape index (κ1) is 19.1. The fourth-order valence-electron chi connectivity index (χ4n) is 2.03. The zero-order chi connectivity index (χ0) is 18.4. The van der Waals surface area contributed by atoms with Gasteiger partial charge in [0.05, 0.1) is 17.6 Å². The van der Waals surface area contributed by atoms with Crippen molar-refractivity contribution in [2.45, 2.75) is 20.5 Å². The molecule has 0 aliphatic heterocycles. The van der Waals surface area contributed by atoms with Crippen LogP contribution in [-0.4, -0.2) is 30.8 Å². The molecule has 2 aromatic carbocycles. The average molecular weight is 407 g/mol. The maximum atomic E-state index is 12.9. The summed E-state index contributed by atoms with van der Waals surface area (Å²) < 4.78 is 18.9. The minimum Gasteiger partial charge on any atom is -0.457 e. The molecule has 0 atom stereocenters. The summed E-state index contributed by atoms with van der Waals surface area (Å²) in [5.41, 5.74) is 2.72. The third kappa shape index (κ3) is 5.39. The van der Waals surface area contributed by atoms with E-state index in [0.29, 0.717) is 10.0 Å². The molecule has 132 valence electrons. The molecule has 0 heterocycles. The molecular weight excluding hydrogens is 387 g/mol. The van der Waals surface area contributed by atoms with Gasteiger partial charge in [0.25, 0.3) is 0 Å². The Hall–Kier alpha value is -2.21. The van der Waals surface area contributed by atoms with E-state index < -0.39 is 5.97 Å². The molecule has 0 N–H and O–H groups in total. The molecule has 0 saturated heterocycles. The van der Waals surface area contributed by atoms with Gasteiger partial charge in [-0.3, -0.25) is 0 Å². The van der Waals surface area contributed by atoms with E-state index in [0.717, 1.165) is 23.4 Å².